The highest BCUT2D eigenvalue weighted by molar-refractivity contribution is 6.61. The van der Waals surface area contributed by atoms with Crippen molar-refractivity contribution in [2.75, 3.05) is 0 Å². The summed E-state index contributed by atoms with van der Waals surface area (Å²) >= 11 is 0. The molecule has 0 atom stereocenters. The molecule has 1 aromatic heterocycles. The largest absolute Gasteiger partial charge is 0.514 e. The molecule has 0 unspecified atom stereocenters. The predicted molar refractivity (Wildman–Crippen MR) is 72.8 cm³/mol. The average Bonchev–Trinajstić information content (AvgIpc) is 2.50. The number of pyridine rings is 1. The molecular formula is C13H18BFN2O3. The van der Waals surface area contributed by atoms with E-state index in [-0.39, 0.29) is 12.0 Å². The number of halogens is 1. The first kappa shape index (κ1) is 14.9. The molecule has 0 aliphatic carbocycles. The first-order valence-corrected chi connectivity index (χ1v) is 6.42. The quantitative estimate of drug-likeness (QED) is 0.648. The van der Waals surface area contributed by atoms with Gasteiger partial charge in [-0.2, -0.15) is 4.39 Å². The summed E-state index contributed by atoms with van der Waals surface area (Å²) in [6, 6.07) is 2.67. The van der Waals surface area contributed by atoms with Crippen LogP contribution in [0.2, 0.25) is 0 Å². The van der Waals surface area contributed by atoms with Crippen LogP contribution >= 0.6 is 0 Å². The molecule has 1 saturated heterocycles. The molecule has 5 nitrogen and oxygen atoms in total. The fourth-order valence-electron chi connectivity index (χ4n) is 1.97. The summed E-state index contributed by atoms with van der Waals surface area (Å²) in [5, 5.41) is 0. The van der Waals surface area contributed by atoms with E-state index in [4.69, 9.17) is 15.0 Å². The minimum atomic E-state index is -0.815. The van der Waals surface area contributed by atoms with Crippen LogP contribution in [0.15, 0.2) is 12.1 Å². The molecule has 1 aliphatic rings. The third-order valence-corrected chi connectivity index (χ3v) is 3.82. The monoisotopic (exact) mass is 280 g/mol. The maximum atomic E-state index is 13.4. The topological polar surface area (TPSA) is 74.4 Å². The van der Waals surface area contributed by atoms with E-state index in [0.717, 1.165) is 0 Å². The Morgan fingerprint density at radius 1 is 1.30 bits per heavy atom. The fourth-order valence-corrected chi connectivity index (χ4v) is 1.97. The Labute approximate surface area is 117 Å². The molecule has 1 aromatic rings. The van der Waals surface area contributed by atoms with Crippen LogP contribution in [0.25, 0.3) is 0 Å². The molecule has 2 N–H and O–H groups in total. The molecular weight excluding hydrogens is 262 g/mol. The molecule has 0 aromatic carbocycles. The lowest BCUT2D eigenvalue weighted by atomic mass is 9.80. The molecule has 1 aliphatic heterocycles. The molecule has 0 bridgehead atoms. The minimum absolute atomic E-state index is 0.0350. The Kier molecular flexibility index (Phi) is 3.60. The summed E-state index contributed by atoms with van der Waals surface area (Å²) < 4.78 is 25.0. The molecule has 1 fully saturated rings. The molecule has 0 spiro atoms. The van der Waals surface area contributed by atoms with Crippen LogP contribution in [0, 0.1) is 5.95 Å². The maximum absolute atomic E-state index is 13.4. The number of carbonyl (C=O) groups excluding carboxylic acids is 1. The summed E-state index contributed by atoms with van der Waals surface area (Å²) in [7, 11) is -0.815. The van der Waals surface area contributed by atoms with Gasteiger partial charge in [0.1, 0.15) is 0 Å². The second-order valence-corrected chi connectivity index (χ2v) is 5.91. The highest BCUT2D eigenvalue weighted by atomic mass is 19.1. The Morgan fingerprint density at radius 3 is 2.35 bits per heavy atom. The minimum Gasteiger partial charge on any atom is -0.398 e. The maximum Gasteiger partial charge on any atom is 0.514 e. The summed E-state index contributed by atoms with van der Waals surface area (Å²) in [5.74, 6) is -1.17. The zero-order chi connectivity index (χ0) is 15.1. The van der Waals surface area contributed by atoms with Crippen molar-refractivity contribution in [3.63, 3.8) is 0 Å². The first-order valence-electron chi connectivity index (χ1n) is 6.42. The van der Waals surface area contributed by atoms with Crippen LogP contribution in [0.3, 0.4) is 0 Å². The van der Waals surface area contributed by atoms with E-state index in [0.29, 0.717) is 5.56 Å². The van der Waals surface area contributed by atoms with E-state index in [1.807, 2.05) is 27.7 Å². The number of carbonyl (C=O) groups is 1. The van der Waals surface area contributed by atoms with Crippen LogP contribution in [-0.4, -0.2) is 29.2 Å². The highest BCUT2D eigenvalue weighted by Crippen LogP contribution is 2.36. The van der Waals surface area contributed by atoms with Gasteiger partial charge >= 0.3 is 7.12 Å². The lowest BCUT2D eigenvalue weighted by molar-refractivity contribution is -0.117. The lowest BCUT2D eigenvalue weighted by Crippen LogP contribution is -2.41. The average molecular weight is 280 g/mol. The van der Waals surface area contributed by atoms with Gasteiger partial charge in [-0.1, -0.05) is 6.07 Å². The number of hydrogen-bond donors (Lipinski definition) is 1. The van der Waals surface area contributed by atoms with Gasteiger partial charge in [-0.25, -0.2) is 4.98 Å². The van der Waals surface area contributed by atoms with Gasteiger partial charge in [-0.15, -0.1) is 0 Å². The molecule has 7 heteroatoms. The predicted octanol–water partition coefficient (Wildman–Crippen LogP) is 0.548. The zero-order valence-electron chi connectivity index (χ0n) is 12.1. The molecule has 0 saturated carbocycles. The number of aromatic nitrogens is 1. The molecule has 2 heterocycles. The number of amides is 1. The molecule has 20 heavy (non-hydrogen) atoms. The van der Waals surface area contributed by atoms with Crippen molar-refractivity contribution in [1.29, 1.82) is 0 Å². The van der Waals surface area contributed by atoms with Gasteiger partial charge in [-0.3, -0.25) is 4.79 Å². The van der Waals surface area contributed by atoms with Crippen LogP contribution in [0.5, 0.6) is 0 Å². The van der Waals surface area contributed by atoms with Gasteiger partial charge in [0.05, 0.1) is 23.2 Å². The second-order valence-electron chi connectivity index (χ2n) is 5.91. The van der Waals surface area contributed by atoms with E-state index < -0.39 is 30.2 Å². The Morgan fingerprint density at radius 2 is 1.85 bits per heavy atom. The van der Waals surface area contributed by atoms with Crippen LogP contribution < -0.4 is 11.3 Å². The standard InChI is InChI=1S/C13H18BFN2O3/c1-12(2)13(3,4)20-14(19-12)11-8(7-10(16)18)5-6-9(15)17-11/h5-6H,7H2,1-4H3,(H2,16,18). The Bertz CT molecular complexity index is 532. The number of primary amides is 1. The summed E-state index contributed by atoms with van der Waals surface area (Å²) in [6.45, 7) is 7.56. The van der Waals surface area contributed by atoms with E-state index in [1.165, 1.54) is 12.1 Å². The van der Waals surface area contributed by atoms with Crippen LogP contribution in [-0.2, 0) is 20.5 Å². The molecule has 2 rings (SSSR count). The highest BCUT2D eigenvalue weighted by Gasteiger charge is 2.53. The number of hydrogen-bond acceptors (Lipinski definition) is 4. The fraction of sp³-hybridized carbons (Fsp3) is 0.538. The number of nitrogens with zero attached hydrogens (tertiary/aromatic N) is 1. The van der Waals surface area contributed by atoms with Gasteiger partial charge < -0.3 is 15.0 Å². The van der Waals surface area contributed by atoms with Crippen molar-refractivity contribution in [2.24, 2.45) is 5.73 Å². The van der Waals surface area contributed by atoms with E-state index in [2.05, 4.69) is 4.98 Å². The van der Waals surface area contributed by atoms with Crippen molar-refractivity contribution < 1.29 is 18.5 Å². The lowest BCUT2D eigenvalue weighted by Gasteiger charge is -2.32. The van der Waals surface area contributed by atoms with Crippen molar-refractivity contribution >= 4 is 18.6 Å². The smallest absolute Gasteiger partial charge is 0.398 e. The van der Waals surface area contributed by atoms with Crippen molar-refractivity contribution in [2.45, 2.75) is 45.3 Å². The molecule has 108 valence electrons. The first-order chi connectivity index (χ1) is 9.12. The SMILES string of the molecule is CC1(C)OB(c2nc(F)ccc2CC(N)=O)OC1(C)C. The van der Waals surface area contributed by atoms with Gasteiger partial charge in [0.2, 0.25) is 11.9 Å². The number of nitrogens with two attached hydrogens (primary N) is 1. The number of rotatable bonds is 3. The van der Waals surface area contributed by atoms with Crippen LogP contribution in [0.1, 0.15) is 33.3 Å². The van der Waals surface area contributed by atoms with Gasteiger partial charge in [0, 0.05) is 0 Å². The van der Waals surface area contributed by atoms with Gasteiger partial charge in [0.25, 0.3) is 0 Å². The van der Waals surface area contributed by atoms with Crippen molar-refractivity contribution in [1.82, 2.24) is 4.98 Å². The summed E-state index contributed by atoms with van der Waals surface area (Å²) in [6.07, 6.45) is -0.0350. The molecule has 0 radical (unpaired) electrons. The third-order valence-electron chi connectivity index (χ3n) is 3.82. The van der Waals surface area contributed by atoms with Crippen molar-refractivity contribution in [3.8, 4) is 0 Å². The third kappa shape index (κ3) is 2.69. The summed E-state index contributed by atoms with van der Waals surface area (Å²) in [5.41, 5.74) is 4.85. The van der Waals surface area contributed by atoms with Gasteiger partial charge in [0.15, 0.2) is 0 Å². The summed E-state index contributed by atoms with van der Waals surface area (Å²) in [4.78, 5) is 14.9. The Balaban J connectivity index is 2.38. The van der Waals surface area contributed by atoms with Crippen molar-refractivity contribution in [3.05, 3.63) is 23.6 Å². The zero-order valence-corrected chi connectivity index (χ0v) is 12.1. The second kappa shape index (κ2) is 4.82. The normalized spacial score (nSPS) is 20.1. The van der Waals surface area contributed by atoms with E-state index in [9.17, 15) is 9.18 Å². The van der Waals surface area contributed by atoms with E-state index in [1.54, 1.807) is 0 Å². The van der Waals surface area contributed by atoms with Gasteiger partial charge in [-0.05, 0) is 39.3 Å². The Hall–Kier alpha value is -1.47. The van der Waals surface area contributed by atoms with E-state index >= 15 is 0 Å². The molecule has 1 amide bonds. The van der Waals surface area contributed by atoms with Crippen LogP contribution in [0.4, 0.5) is 4.39 Å².